The lowest BCUT2D eigenvalue weighted by molar-refractivity contribution is -0.137. The van der Waals surface area contributed by atoms with Crippen LogP contribution in [0.1, 0.15) is 51.4 Å². The number of hydrogen-bond acceptors (Lipinski definition) is 3. The van der Waals surface area contributed by atoms with Crippen LogP contribution in [-0.2, 0) is 9.59 Å². The maximum Gasteiger partial charge on any atom is 0.303 e. The maximum atomic E-state index is 11.2. The summed E-state index contributed by atoms with van der Waals surface area (Å²) in [6.07, 6.45) is 6.61. The minimum absolute atomic E-state index is 0.0707. The molecule has 0 saturated heterocycles. The van der Waals surface area contributed by atoms with Crippen LogP contribution < -0.4 is 11.1 Å². The van der Waals surface area contributed by atoms with Gasteiger partial charge >= 0.3 is 5.97 Å². The molecule has 0 aromatic heterocycles. The number of hydrogen-bond donors (Lipinski definition) is 3. The van der Waals surface area contributed by atoms with Crippen LogP contribution in [0.4, 0.5) is 0 Å². The molecule has 0 radical (unpaired) electrons. The normalized spacial score (nSPS) is 10.2. The first-order valence-electron chi connectivity index (χ1n) is 6.35. The monoisotopic (exact) mass is 244 g/mol. The number of carbonyl (C=O) groups excluding carboxylic acids is 1. The SMILES string of the molecule is NCCNC(=O)CCCCCCCCC(=O)O. The summed E-state index contributed by atoms with van der Waals surface area (Å²) in [7, 11) is 0. The topological polar surface area (TPSA) is 92.4 Å². The van der Waals surface area contributed by atoms with Crippen molar-refractivity contribution in [3.63, 3.8) is 0 Å². The number of carboxylic acid groups (broad SMARTS) is 1. The molecule has 17 heavy (non-hydrogen) atoms. The lowest BCUT2D eigenvalue weighted by Crippen LogP contribution is -2.28. The number of nitrogens with one attached hydrogen (secondary N) is 1. The van der Waals surface area contributed by atoms with Crippen molar-refractivity contribution < 1.29 is 14.7 Å². The summed E-state index contributed by atoms with van der Waals surface area (Å²) >= 11 is 0. The highest BCUT2D eigenvalue weighted by Gasteiger charge is 2.00. The smallest absolute Gasteiger partial charge is 0.303 e. The van der Waals surface area contributed by atoms with Gasteiger partial charge in [0, 0.05) is 25.9 Å². The number of amides is 1. The van der Waals surface area contributed by atoms with E-state index in [1.54, 1.807) is 0 Å². The van der Waals surface area contributed by atoms with Crippen LogP contribution in [-0.4, -0.2) is 30.1 Å². The Kier molecular flexibility index (Phi) is 10.7. The van der Waals surface area contributed by atoms with Crippen LogP contribution in [0.2, 0.25) is 0 Å². The largest absolute Gasteiger partial charge is 0.481 e. The number of nitrogens with two attached hydrogens (primary N) is 1. The highest BCUT2D eigenvalue weighted by molar-refractivity contribution is 5.75. The lowest BCUT2D eigenvalue weighted by atomic mass is 10.1. The van der Waals surface area contributed by atoms with Crippen LogP contribution in [0.5, 0.6) is 0 Å². The van der Waals surface area contributed by atoms with Crippen molar-refractivity contribution in [3.05, 3.63) is 0 Å². The third kappa shape index (κ3) is 12.8. The second-order valence-electron chi connectivity index (χ2n) is 4.15. The molecule has 5 nitrogen and oxygen atoms in total. The van der Waals surface area contributed by atoms with Gasteiger partial charge in [-0.25, -0.2) is 0 Å². The van der Waals surface area contributed by atoms with Crippen molar-refractivity contribution in [2.24, 2.45) is 5.73 Å². The summed E-state index contributed by atoms with van der Waals surface area (Å²) in [4.78, 5) is 21.4. The van der Waals surface area contributed by atoms with Crippen molar-refractivity contribution in [1.29, 1.82) is 0 Å². The fraction of sp³-hybridized carbons (Fsp3) is 0.833. The predicted molar refractivity (Wildman–Crippen MR) is 66.6 cm³/mol. The first-order chi connectivity index (χ1) is 8.16. The van der Waals surface area contributed by atoms with Crippen LogP contribution in [0.25, 0.3) is 0 Å². The Hall–Kier alpha value is -1.10. The van der Waals surface area contributed by atoms with E-state index >= 15 is 0 Å². The molecule has 0 aromatic rings. The first kappa shape index (κ1) is 15.9. The molecule has 0 aliphatic rings. The molecule has 0 bridgehead atoms. The molecule has 1 amide bonds. The molecule has 0 atom stereocenters. The molecule has 0 heterocycles. The summed E-state index contributed by atoms with van der Waals surface area (Å²) in [6, 6.07) is 0. The van der Waals surface area contributed by atoms with E-state index in [9.17, 15) is 9.59 Å². The highest BCUT2D eigenvalue weighted by atomic mass is 16.4. The number of carbonyl (C=O) groups is 2. The average Bonchev–Trinajstić information content (AvgIpc) is 2.29. The van der Waals surface area contributed by atoms with Crippen molar-refractivity contribution in [3.8, 4) is 0 Å². The summed E-state index contributed by atoms with van der Waals surface area (Å²) in [5.41, 5.74) is 5.26. The number of rotatable bonds is 11. The quantitative estimate of drug-likeness (QED) is 0.477. The van der Waals surface area contributed by atoms with Crippen molar-refractivity contribution in [1.82, 2.24) is 5.32 Å². The second-order valence-corrected chi connectivity index (χ2v) is 4.15. The molecule has 0 aromatic carbocycles. The van der Waals surface area contributed by atoms with Crippen molar-refractivity contribution in [2.45, 2.75) is 51.4 Å². The summed E-state index contributed by atoms with van der Waals surface area (Å²) in [5, 5.41) is 11.2. The van der Waals surface area contributed by atoms with E-state index < -0.39 is 5.97 Å². The Balaban J connectivity index is 3.12. The lowest BCUT2D eigenvalue weighted by Gasteiger charge is -2.03. The molecule has 0 spiro atoms. The molecule has 4 N–H and O–H groups in total. The minimum Gasteiger partial charge on any atom is -0.481 e. The van der Waals surface area contributed by atoms with Gasteiger partial charge in [0.15, 0.2) is 0 Å². The van der Waals surface area contributed by atoms with Crippen molar-refractivity contribution >= 4 is 11.9 Å². The van der Waals surface area contributed by atoms with E-state index in [0.29, 0.717) is 19.5 Å². The van der Waals surface area contributed by atoms with Gasteiger partial charge in [-0.05, 0) is 12.8 Å². The highest BCUT2D eigenvalue weighted by Crippen LogP contribution is 2.08. The zero-order chi connectivity index (χ0) is 12.9. The fourth-order valence-electron chi connectivity index (χ4n) is 1.57. The Labute approximate surface area is 103 Å². The average molecular weight is 244 g/mol. The molecule has 100 valence electrons. The first-order valence-corrected chi connectivity index (χ1v) is 6.35. The van der Waals surface area contributed by atoms with Crippen LogP contribution in [0.3, 0.4) is 0 Å². The van der Waals surface area contributed by atoms with Gasteiger partial charge in [-0.15, -0.1) is 0 Å². The van der Waals surface area contributed by atoms with Crippen molar-refractivity contribution in [2.75, 3.05) is 13.1 Å². The van der Waals surface area contributed by atoms with E-state index in [1.807, 2.05) is 0 Å². The van der Waals surface area contributed by atoms with E-state index in [2.05, 4.69) is 5.32 Å². The minimum atomic E-state index is -0.721. The summed E-state index contributed by atoms with van der Waals surface area (Å²) < 4.78 is 0. The van der Waals surface area contributed by atoms with Crippen LogP contribution in [0.15, 0.2) is 0 Å². The second kappa shape index (κ2) is 11.4. The third-order valence-electron chi connectivity index (χ3n) is 2.51. The van der Waals surface area contributed by atoms with Gasteiger partial charge in [-0.2, -0.15) is 0 Å². The molecule has 0 unspecified atom stereocenters. The zero-order valence-corrected chi connectivity index (χ0v) is 10.4. The van der Waals surface area contributed by atoms with Gasteiger partial charge in [0.25, 0.3) is 0 Å². The van der Waals surface area contributed by atoms with Crippen LogP contribution >= 0.6 is 0 Å². The van der Waals surface area contributed by atoms with E-state index in [4.69, 9.17) is 10.8 Å². The Morgan fingerprint density at radius 2 is 1.47 bits per heavy atom. The predicted octanol–water partition coefficient (Wildman–Crippen LogP) is 1.27. The van der Waals surface area contributed by atoms with E-state index in [-0.39, 0.29) is 12.3 Å². The Morgan fingerprint density at radius 3 is 2.00 bits per heavy atom. The Bertz CT molecular complexity index is 220. The number of unbranched alkanes of at least 4 members (excludes halogenated alkanes) is 5. The maximum absolute atomic E-state index is 11.2. The van der Waals surface area contributed by atoms with Gasteiger partial charge in [0.2, 0.25) is 5.91 Å². The Morgan fingerprint density at radius 1 is 0.941 bits per heavy atom. The molecule has 5 heteroatoms. The fourth-order valence-corrected chi connectivity index (χ4v) is 1.57. The van der Waals surface area contributed by atoms with Gasteiger partial charge in [0.05, 0.1) is 0 Å². The zero-order valence-electron chi connectivity index (χ0n) is 10.4. The van der Waals surface area contributed by atoms with Crippen LogP contribution in [0, 0.1) is 0 Å². The third-order valence-corrected chi connectivity index (χ3v) is 2.51. The molecular formula is C12H24N2O3. The summed E-state index contributed by atoms with van der Waals surface area (Å²) in [6.45, 7) is 1.03. The summed E-state index contributed by atoms with van der Waals surface area (Å²) in [5.74, 6) is -0.650. The van der Waals surface area contributed by atoms with Gasteiger partial charge in [-0.1, -0.05) is 25.7 Å². The molecule has 0 aliphatic heterocycles. The van der Waals surface area contributed by atoms with E-state index in [0.717, 1.165) is 38.5 Å². The standard InChI is InChI=1S/C12H24N2O3/c13-9-10-14-11(15)7-5-3-1-2-4-6-8-12(16)17/h1-10,13H2,(H,14,15)(H,16,17). The molecule has 0 saturated carbocycles. The molecule has 0 aliphatic carbocycles. The van der Waals surface area contributed by atoms with E-state index in [1.165, 1.54) is 0 Å². The number of aliphatic carboxylic acids is 1. The van der Waals surface area contributed by atoms with Gasteiger partial charge in [-0.3, -0.25) is 9.59 Å². The number of carboxylic acids is 1. The molecular weight excluding hydrogens is 220 g/mol. The van der Waals surface area contributed by atoms with Gasteiger partial charge in [0.1, 0.15) is 0 Å². The molecule has 0 rings (SSSR count). The van der Waals surface area contributed by atoms with Gasteiger partial charge < -0.3 is 16.2 Å². The molecule has 0 fully saturated rings.